The Bertz CT molecular complexity index is 510. The molecule has 2 rings (SSSR count). The minimum Gasteiger partial charge on any atom is -0.444 e. The van der Waals surface area contributed by atoms with Gasteiger partial charge in [0, 0.05) is 13.1 Å². The van der Waals surface area contributed by atoms with Crippen LogP contribution in [-0.2, 0) is 6.54 Å². The van der Waals surface area contributed by atoms with Crippen molar-refractivity contribution in [3.63, 3.8) is 0 Å². The molecule has 6 heteroatoms. The van der Waals surface area contributed by atoms with E-state index in [9.17, 15) is 0 Å². The highest BCUT2D eigenvalue weighted by molar-refractivity contribution is 5.77. The number of rotatable bonds is 7. The van der Waals surface area contributed by atoms with Crippen molar-refractivity contribution in [1.29, 1.82) is 0 Å². The summed E-state index contributed by atoms with van der Waals surface area (Å²) >= 11 is 0. The zero-order valence-electron chi connectivity index (χ0n) is 15.6. The van der Waals surface area contributed by atoms with E-state index in [0.29, 0.717) is 17.8 Å². The van der Waals surface area contributed by atoms with Crippen molar-refractivity contribution in [3.8, 4) is 0 Å². The molecule has 1 aliphatic heterocycles. The Hall–Kier alpha value is -1.56. The van der Waals surface area contributed by atoms with E-state index in [1.54, 1.807) is 0 Å². The summed E-state index contributed by atoms with van der Waals surface area (Å²) in [6.07, 6.45) is 3.43. The molecule has 0 saturated carbocycles. The van der Waals surface area contributed by atoms with Gasteiger partial charge in [-0.3, -0.25) is 9.89 Å². The Labute approximate surface area is 145 Å². The number of likely N-dealkylation sites (tertiary alicyclic amines) is 1. The van der Waals surface area contributed by atoms with E-state index in [1.807, 2.05) is 13.8 Å². The summed E-state index contributed by atoms with van der Waals surface area (Å²) in [7, 11) is 0. The average molecular weight is 335 g/mol. The fourth-order valence-electron chi connectivity index (χ4n) is 2.90. The van der Waals surface area contributed by atoms with Gasteiger partial charge in [0.15, 0.2) is 5.96 Å². The number of nitrogens with one attached hydrogen (secondary N) is 1. The van der Waals surface area contributed by atoms with E-state index in [-0.39, 0.29) is 0 Å². The number of hydrogen-bond acceptors (Lipinski definition) is 4. The normalized spacial score (nSPS) is 17.6. The molecule has 0 radical (unpaired) electrons. The van der Waals surface area contributed by atoms with Gasteiger partial charge in [-0.05, 0) is 58.0 Å². The summed E-state index contributed by atoms with van der Waals surface area (Å²) in [5.74, 6) is 3.66. The lowest BCUT2D eigenvalue weighted by Gasteiger charge is -2.30. The van der Waals surface area contributed by atoms with Crippen LogP contribution in [0.1, 0.15) is 50.5 Å². The molecular weight excluding hydrogens is 302 g/mol. The van der Waals surface area contributed by atoms with Crippen LogP contribution < -0.4 is 11.1 Å². The molecule has 2 heterocycles. The van der Waals surface area contributed by atoms with E-state index >= 15 is 0 Å². The molecule has 1 fully saturated rings. The number of oxazole rings is 1. The van der Waals surface area contributed by atoms with E-state index in [4.69, 9.17) is 10.2 Å². The summed E-state index contributed by atoms with van der Waals surface area (Å²) in [4.78, 5) is 11.4. The first kappa shape index (κ1) is 18.8. The standard InChI is InChI=1S/C18H33N5O/c1-13(2)5-8-20-18(19)21-11-16-6-9-23(10-7-16)12-17-22-14(3)15(4)24-17/h13,16H,5-12H2,1-4H3,(H3,19,20,21). The van der Waals surface area contributed by atoms with Crippen LogP contribution in [0.5, 0.6) is 0 Å². The summed E-state index contributed by atoms with van der Waals surface area (Å²) < 4.78 is 5.68. The van der Waals surface area contributed by atoms with Gasteiger partial charge in [-0.2, -0.15) is 0 Å². The largest absolute Gasteiger partial charge is 0.444 e. The highest BCUT2D eigenvalue weighted by Gasteiger charge is 2.20. The van der Waals surface area contributed by atoms with Crippen molar-refractivity contribution in [2.24, 2.45) is 22.6 Å². The first-order chi connectivity index (χ1) is 11.4. The molecule has 0 atom stereocenters. The van der Waals surface area contributed by atoms with Crippen molar-refractivity contribution in [2.75, 3.05) is 26.2 Å². The predicted octanol–water partition coefficient (Wildman–Crippen LogP) is 2.45. The molecule has 0 unspecified atom stereocenters. The smallest absolute Gasteiger partial charge is 0.208 e. The van der Waals surface area contributed by atoms with Gasteiger partial charge in [0.05, 0.1) is 12.2 Å². The van der Waals surface area contributed by atoms with Gasteiger partial charge in [-0.25, -0.2) is 4.98 Å². The minimum atomic E-state index is 0.587. The SMILES string of the molecule is Cc1nc(CN2CCC(CN=C(N)NCCC(C)C)CC2)oc1C. The third-order valence-corrected chi connectivity index (χ3v) is 4.69. The lowest BCUT2D eigenvalue weighted by Crippen LogP contribution is -2.36. The fraction of sp³-hybridized carbons (Fsp3) is 0.778. The van der Waals surface area contributed by atoms with Gasteiger partial charge in [0.2, 0.25) is 5.89 Å². The van der Waals surface area contributed by atoms with Gasteiger partial charge < -0.3 is 15.5 Å². The van der Waals surface area contributed by atoms with E-state index in [0.717, 1.165) is 69.3 Å². The number of nitrogens with zero attached hydrogens (tertiary/aromatic N) is 3. The van der Waals surface area contributed by atoms with E-state index < -0.39 is 0 Å². The number of guanidine groups is 1. The van der Waals surface area contributed by atoms with Crippen molar-refractivity contribution >= 4 is 5.96 Å². The quantitative estimate of drug-likeness (QED) is 0.591. The maximum Gasteiger partial charge on any atom is 0.208 e. The first-order valence-corrected chi connectivity index (χ1v) is 9.13. The lowest BCUT2D eigenvalue weighted by molar-refractivity contribution is 0.166. The second kappa shape index (κ2) is 9.06. The summed E-state index contributed by atoms with van der Waals surface area (Å²) in [6.45, 7) is 13.1. The van der Waals surface area contributed by atoms with Crippen molar-refractivity contribution in [1.82, 2.24) is 15.2 Å². The number of piperidine rings is 1. The molecule has 0 aromatic carbocycles. The number of aromatic nitrogens is 1. The topological polar surface area (TPSA) is 79.7 Å². The van der Waals surface area contributed by atoms with Crippen LogP contribution in [0.25, 0.3) is 0 Å². The van der Waals surface area contributed by atoms with Crippen LogP contribution in [0, 0.1) is 25.7 Å². The van der Waals surface area contributed by atoms with Gasteiger partial charge in [-0.1, -0.05) is 13.8 Å². The minimum absolute atomic E-state index is 0.587. The molecule has 1 aliphatic rings. The van der Waals surface area contributed by atoms with Gasteiger partial charge in [0.1, 0.15) is 5.76 Å². The Morgan fingerprint density at radius 2 is 2.08 bits per heavy atom. The average Bonchev–Trinajstić information content (AvgIpc) is 2.84. The lowest BCUT2D eigenvalue weighted by atomic mass is 9.97. The third-order valence-electron chi connectivity index (χ3n) is 4.69. The maximum atomic E-state index is 5.93. The van der Waals surface area contributed by atoms with Crippen molar-refractivity contribution < 1.29 is 4.42 Å². The van der Waals surface area contributed by atoms with Crippen LogP contribution in [0.3, 0.4) is 0 Å². The Balaban J connectivity index is 1.67. The van der Waals surface area contributed by atoms with Gasteiger partial charge >= 0.3 is 0 Å². The van der Waals surface area contributed by atoms with Crippen LogP contribution in [0.4, 0.5) is 0 Å². The number of aryl methyl sites for hydroxylation is 2. The van der Waals surface area contributed by atoms with Crippen molar-refractivity contribution in [3.05, 3.63) is 17.3 Å². The first-order valence-electron chi connectivity index (χ1n) is 9.13. The molecule has 6 nitrogen and oxygen atoms in total. The molecule has 1 aromatic heterocycles. The molecule has 1 saturated heterocycles. The number of nitrogens with two attached hydrogens (primary N) is 1. The molecule has 1 aromatic rings. The van der Waals surface area contributed by atoms with E-state index in [2.05, 4.69) is 34.0 Å². The zero-order valence-corrected chi connectivity index (χ0v) is 15.6. The highest BCUT2D eigenvalue weighted by Crippen LogP contribution is 2.20. The molecule has 3 N–H and O–H groups in total. The van der Waals surface area contributed by atoms with Crippen LogP contribution in [0.2, 0.25) is 0 Å². The maximum absolute atomic E-state index is 5.93. The molecular formula is C18H33N5O. The Kier molecular flexibility index (Phi) is 7.09. The molecule has 0 bridgehead atoms. The fourth-order valence-corrected chi connectivity index (χ4v) is 2.90. The Morgan fingerprint density at radius 3 is 2.67 bits per heavy atom. The molecule has 0 amide bonds. The predicted molar refractivity (Wildman–Crippen MR) is 97.9 cm³/mol. The number of hydrogen-bond donors (Lipinski definition) is 2. The monoisotopic (exact) mass is 335 g/mol. The zero-order chi connectivity index (χ0) is 17.5. The second-order valence-corrected chi connectivity index (χ2v) is 7.30. The summed E-state index contributed by atoms with van der Waals surface area (Å²) in [5, 5.41) is 3.20. The van der Waals surface area contributed by atoms with Crippen LogP contribution in [-0.4, -0.2) is 42.0 Å². The van der Waals surface area contributed by atoms with Crippen LogP contribution >= 0.6 is 0 Å². The molecule has 0 aliphatic carbocycles. The summed E-state index contributed by atoms with van der Waals surface area (Å²) in [5.41, 5.74) is 6.93. The Morgan fingerprint density at radius 1 is 1.38 bits per heavy atom. The second-order valence-electron chi connectivity index (χ2n) is 7.30. The highest BCUT2D eigenvalue weighted by atomic mass is 16.4. The molecule has 136 valence electrons. The van der Waals surface area contributed by atoms with E-state index in [1.165, 1.54) is 0 Å². The third kappa shape index (κ3) is 6.15. The van der Waals surface area contributed by atoms with Crippen LogP contribution in [0.15, 0.2) is 9.41 Å². The molecule has 24 heavy (non-hydrogen) atoms. The molecule has 0 spiro atoms. The van der Waals surface area contributed by atoms with Crippen molar-refractivity contribution in [2.45, 2.75) is 53.5 Å². The number of aliphatic imine (C=N–C) groups is 1. The van der Waals surface area contributed by atoms with Gasteiger partial charge in [-0.15, -0.1) is 0 Å². The van der Waals surface area contributed by atoms with Gasteiger partial charge in [0.25, 0.3) is 0 Å². The summed E-state index contributed by atoms with van der Waals surface area (Å²) in [6, 6.07) is 0.